The minimum atomic E-state index is -0.159. The first-order valence-electron chi connectivity index (χ1n) is 8.50. The molecule has 0 spiro atoms. The molecule has 0 saturated carbocycles. The third-order valence-electron chi connectivity index (χ3n) is 4.07. The topological polar surface area (TPSA) is 98.2 Å². The molecule has 0 unspecified atom stereocenters. The van der Waals surface area contributed by atoms with Crippen molar-refractivity contribution in [1.29, 1.82) is 0 Å². The van der Waals surface area contributed by atoms with Gasteiger partial charge in [-0.15, -0.1) is 10.2 Å². The van der Waals surface area contributed by atoms with Gasteiger partial charge in [0, 0.05) is 11.9 Å². The summed E-state index contributed by atoms with van der Waals surface area (Å²) in [4.78, 5) is 16.7. The molecule has 8 heteroatoms. The minimum absolute atomic E-state index is 0.0977. The zero-order chi connectivity index (χ0) is 19.0. The lowest BCUT2D eigenvalue weighted by atomic mass is 10.1. The number of aromatic nitrogens is 5. The van der Waals surface area contributed by atoms with Crippen LogP contribution in [0.2, 0.25) is 0 Å². The smallest absolute Gasteiger partial charge is 0.259 e. The monoisotopic (exact) mass is 362 g/mol. The van der Waals surface area contributed by atoms with Gasteiger partial charge in [0.25, 0.3) is 5.89 Å². The number of benzene rings is 1. The van der Waals surface area contributed by atoms with Gasteiger partial charge >= 0.3 is 0 Å². The fourth-order valence-corrected chi connectivity index (χ4v) is 3.00. The van der Waals surface area contributed by atoms with E-state index < -0.39 is 0 Å². The number of carbonyl (C=O) groups is 1. The quantitative estimate of drug-likeness (QED) is 0.599. The number of pyridine rings is 1. The first kappa shape index (κ1) is 16.9. The van der Waals surface area contributed by atoms with Gasteiger partial charge in [-0.1, -0.05) is 11.2 Å². The van der Waals surface area contributed by atoms with E-state index in [1.807, 2.05) is 32.0 Å². The Bertz CT molecular complexity index is 1120. The summed E-state index contributed by atoms with van der Waals surface area (Å²) < 4.78 is 6.96. The second-order valence-electron chi connectivity index (χ2n) is 6.51. The molecule has 4 rings (SSSR count). The van der Waals surface area contributed by atoms with Crippen LogP contribution in [0.15, 0.2) is 41.1 Å². The van der Waals surface area contributed by atoms with E-state index in [1.54, 1.807) is 23.6 Å². The summed E-state index contributed by atoms with van der Waals surface area (Å²) in [7, 11) is 0. The Morgan fingerprint density at radius 2 is 1.89 bits per heavy atom. The molecule has 0 aliphatic carbocycles. The van der Waals surface area contributed by atoms with Crippen molar-refractivity contribution in [3.63, 3.8) is 0 Å². The molecule has 3 aromatic heterocycles. The van der Waals surface area contributed by atoms with Crippen molar-refractivity contribution in [3.05, 3.63) is 59.3 Å². The summed E-state index contributed by atoms with van der Waals surface area (Å²) in [6.07, 6.45) is 1.89. The fraction of sp³-hybridized carbons (Fsp3) is 0.211. The molecule has 1 N–H and O–H groups in total. The molecule has 8 nitrogen and oxygen atoms in total. The molecular weight excluding hydrogens is 344 g/mol. The van der Waals surface area contributed by atoms with Crippen molar-refractivity contribution in [3.8, 4) is 11.5 Å². The molecule has 1 aromatic carbocycles. The van der Waals surface area contributed by atoms with Crippen LogP contribution < -0.4 is 5.32 Å². The second-order valence-corrected chi connectivity index (χ2v) is 6.51. The van der Waals surface area contributed by atoms with Crippen LogP contribution in [0.5, 0.6) is 0 Å². The second kappa shape index (κ2) is 6.64. The van der Waals surface area contributed by atoms with Crippen LogP contribution in [-0.4, -0.2) is 30.6 Å². The SMILES string of the molecule is Cc1cc(C)cc(NC(=O)Cc2nnc3ccc(-c4nc(C)no4)cn23)c1. The standard InChI is InChI=1S/C19H18N6O2/c1-11-6-12(2)8-15(7-11)21-18(26)9-17-23-22-16-5-4-14(10-25(16)17)19-20-13(3)24-27-19/h4-8,10H,9H2,1-3H3,(H,21,26). The van der Waals surface area contributed by atoms with Crippen molar-refractivity contribution >= 4 is 17.2 Å². The molecule has 0 saturated heterocycles. The number of anilines is 1. The number of carbonyl (C=O) groups excluding carboxylic acids is 1. The van der Waals surface area contributed by atoms with Crippen LogP contribution in [0.1, 0.15) is 22.8 Å². The summed E-state index contributed by atoms with van der Waals surface area (Å²) >= 11 is 0. The Morgan fingerprint density at radius 3 is 2.59 bits per heavy atom. The molecular formula is C19H18N6O2. The van der Waals surface area contributed by atoms with Gasteiger partial charge in [-0.25, -0.2) is 0 Å². The molecule has 27 heavy (non-hydrogen) atoms. The van der Waals surface area contributed by atoms with Gasteiger partial charge in [-0.2, -0.15) is 4.98 Å². The number of hydrogen-bond donors (Lipinski definition) is 1. The van der Waals surface area contributed by atoms with Gasteiger partial charge in [0.2, 0.25) is 5.91 Å². The van der Waals surface area contributed by atoms with Crippen LogP contribution in [-0.2, 0) is 11.2 Å². The maximum Gasteiger partial charge on any atom is 0.259 e. The summed E-state index contributed by atoms with van der Waals surface area (Å²) in [6.45, 7) is 5.75. The predicted molar refractivity (Wildman–Crippen MR) is 99.3 cm³/mol. The Kier molecular flexibility index (Phi) is 4.15. The molecule has 0 atom stereocenters. The van der Waals surface area contributed by atoms with E-state index in [4.69, 9.17) is 4.52 Å². The fourth-order valence-electron chi connectivity index (χ4n) is 3.00. The lowest BCUT2D eigenvalue weighted by Gasteiger charge is -2.07. The molecule has 0 bridgehead atoms. The van der Waals surface area contributed by atoms with Crippen LogP contribution >= 0.6 is 0 Å². The van der Waals surface area contributed by atoms with E-state index in [2.05, 4.69) is 31.7 Å². The van der Waals surface area contributed by atoms with E-state index >= 15 is 0 Å². The largest absolute Gasteiger partial charge is 0.334 e. The van der Waals surface area contributed by atoms with Gasteiger partial charge in [0.1, 0.15) is 5.82 Å². The number of nitrogens with one attached hydrogen (secondary N) is 1. The van der Waals surface area contributed by atoms with Gasteiger partial charge in [-0.05, 0) is 56.2 Å². The van der Waals surface area contributed by atoms with E-state index in [-0.39, 0.29) is 12.3 Å². The molecule has 0 radical (unpaired) electrons. The highest BCUT2D eigenvalue weighted by Crippen LogP contribution is 2.19. The lowest BCUT2D eigenvalue weighted by Crippen LogP contribution is -2.16. The lowest BCUT2D eigenvalue weighted by molar-refractivity contribution is -0.115. The minimum Gasteiger partial charge on any atom is -0.334 e. The molecule has 1 amide bonds. The average molecular weight is 362 g/mol. The summed E-state index contributed by atoms with van der Waals surface area (Å²) in [5.41, 5.74) is 4.34. The number of amides is 1. The zero-order valence-electron chi connectivity index (χ0n) is 15.2. The highest BCUT2D eigenvalue weighted by atomic mass is 16.5. The molecule has 0 fully saturated rings. The molecule has 0 aliphatic heterocycles. The van der Waals surface area contributed by atoms with Crippen molar-refractivity contribution in [2.45, 2.75) is 27.2 Å². The third-order valence-corrected chi connectivity index (χ3v) is 4.07. The third kappa shape index (κ3) is 3.55. The maximum absolute atomic E-state index is 12.5. The normalized spacial score (nSPS) is 11.1. The number of nitrogens with zero attached hydrogens (tertiary/aromatic N) is 5. The number of rotatable bonds is 4. The van der Waals surface area contributed by atoms with Crippen LogP contribution in [0.4, 0.5) is 5.69 Å². The van der Waals surface area contributed by atoms with Crippen LogP contribution in [0, 0.1) is 20.8 Å². The first-order valence-corrected chi connectivity index (χ1v) is 8.50. The molecule has 4 aromatic rings. The number of hydrogen-bond acceptors (Lipinski definition) is 6. The Hall–Kier alpha value is -3.55. The van der Waals surface area contributed by atoms with Gasteiger partial charge in [0.05, 0.1) is 12.0 Å². The van der Waals surface area contributed by atoms with E-state index in [1.165, 1.54) is 0 Å². The van der Waals surface area contributed by atoms with Gasteiger partial charge < -0.3 is 9.84 Å². The molecule has 0 aliphatic rings. The van der Waals surface area contributed by atoms with Crippen molar-refractivity contribution in [2.75, 3.05) is 5.32 Å². The Morgan fingerprint density at radius 1 is 1.11 bits per heavy atom. The van der Waals surface area contributed by atoms with Crippen LogP contribution in [0.3, 0.4) is 0 Å². The Balaban J connectivity index is 1.58. The van der Waals surface area contributed by atoms with E-state index in [0.29, 0.717) is 23.2 Å². The highest BCUT2D eigenvalue weighted by Gasteiger charge is 2.14. The molecule has 136 valence electrons. The van der Waals surface area contributed by atoms with E-state index in [0.717, 1.165) is 22.4 Å². The summed E-state index contributed by atoms with van der Waals surface area (Å²) in [5, 5.41) is 15.0. The Labute approximate surface area is 155 Å². The predicted octanol–water partition coefficient (Wildman–Crippen LogP) is 2.89. The average Bonchev–Trinajstić information content (AvgIpc) is 3.20. The highest BCUT2D eigenvalue weighted by molar-refractivity contribution is 5.92. The summed E-state index contributed by atoms with van der Waals surface area (Å²) in [5.74, 6) is 1.34. The van der Waals surface area contributed by atoms with Crippen molar-refractivity contribution < 1.29 is 9.32 Å². The van der Waals surface area contributed by atoms with Crippen molar-refractivity contribution in [2.24, 2.45) is 0 Å². The van der Waals surface area contributed by atoms with Crippen molar-refractivity contribution in [1.82, 2.24) is 24.7 Å². The van der Waals surface area contributed by atoms with Gasteiger partial charge in [-0.3, -0.25) is 9.20 Å². The zero-order valence-corrected chi connectivity index (χ0v) is 15.2. The van der Waals surface area contributed by atoms with E-state index in [9.17, 15) is 4.79 Å². The first-order chi connectivity index (χ1) is 13.0. The summed E-state index contributed by atoms with van der Waals surface area (Å²) in [6, 6.07) is 9.55. The van der Waals surface area contributed by atoms with Gasteiger partial charge in [0.15, 0.2) is 11.5 Å². The van der Waals surface area contributed by atoms with Crippen LogP contribution in [0.25, 0.3) is 17.1 Å². The maximum atomic E-state index is 12.5. The molecule has 3 heterocycles. The number of fused-ring (bicyclic) bond motifs is 1. The number of aryl methyl sites for hydroxylation is 3.